The lowest BCUT2D eigenvalue weighted by atomic mass is 10.0. The van der Waals surface area contributed by atoms with Gasteiger partial charge >= 0.3 is 11.9 Å². The van der Waals surface area contributed by atoms with Crippen LogP contribution in [0.15, 0.2) is 30.3 Å². The number of ether oxygens (including phenoxy) is 6. The van der Waals surface area contributed by atoms with E-state index in [1.807, 2.05) is 44.2 Å². The average molecular weight is 485 g/mol. The number of aliphatic hydroxyl groups excluding tert-OH is 1. The maximum absolute atomic E-state index is 12.5. The van der Waals surface area contributed by atoms with Crippen LogP contribution in [0.3, 0.4) is 0 Å². The fraction of sp³-hybridized carbons (Fsp3) is 0.680. The third kappa shape index (κ3) is 14.3. The molecule has 0 saturated carbocycles. The van der Waals surface area contributed by atoms with Crippen LogP contribution in [-0.4, -0.2) is 76.2 Å². The zero-order valence-corrected chi connectivity index (χ0v) is 20.4. The number of hydrogen-bond acceptors (Lipinski definition) is 9. The molecule has 1 N–H and O–H groups in total. The highest BCUT2D eigenvalue weighted by Crippen LogP contribution is 2.14. The van der Waals surface area contributed by atoms with Crippen molar-refractivity contribution in [1.29, 1.82) is 0 Å². The smallest absolute Gasteiger partial charge is 0.320 e. The van der Waals surface area contributed by atoms with Gasteiger partial charge in [-0.3, -0.25) is 9.59 Å². The minimum Gasteiger partial charge on any atom is -0.463 e. The van der Waals surface area contributed by atoms with Crippen molar-refractivity contribution in [3.05, 3.63) is 35.9 Å². The minimum absolute atomic E-state index is 0.00530. The second-order valence-corrected chi connectivity index (χ2v) is 7.39. The second kappa shape index (κ2) is 20.3. The number of benzene rings is 1. The van der Waals surface area contributed by atoms with E-state index in [2.05, 4.69) is 0 Å². The van der Waals surface area contributed by atoms with Crippen LogP contribution < -0.4 is 0 Å². The molecule has 0 radical (unpaired) electrons. The maximum atomic E-state index is 12.5. The van der Waals surface area contributed by atoms with E-state index >= 15 is 0 Å². The van der Waals surface area contributed by atoms with Gasteiger partial charge in [-0.2, -0.15) is 0 Å². The summed E-state index contributed by atoms with van der Waals surface area (Å²) in [6.07, 6.45) is 1.64. The third-order valence-electron chi connectivity index (χ3n) is 4.74. The number of carbonyl (C=O) groups excluding carboxylic acids is 2. The van der Waals surface area contributed by atoms with Gasteiger partial charge in [-0.25, -0.2) is 0 Å². The molecular weight excluding hydrogens is 444 g/mol. The number of aliphatic hydroxyl groups is 1. The van der Waals surface area contributed by atoms with Crippen LogP contribution in [0.2, 0.25) is 0 Å². The van der Waals surface area contributed by atoms with Gasteiger partial charge in [-0.05, 0) is 38.7 Å². The van der Waals surface area contributed by atoms with Crippen LogP contribution in [0.4, 0.5) is 0 Å². The van der Waals surface area contributed by atoms with Gasteiger partial charge in [0, 0.05) is 26.2 Å². The Morgan fingerprint density at radius 1 is 0.794 bits per heavy atom. The lowest BCUT2D eigenvalue weighted by Crippen LogP contribution is -2.29. The summed E-state index contributed by atoms with van der Waals surface area (Å²) in [6, 6.07) is 9.24. The molecule has 0 aliphatic carbocycles. The lowest BCUT2D eigenvalue weighted by molar-refractivity contribution is -0.164. The van der Waals surface area contributed by atoms with E-state index in [9.17, 15) is 9.59 Å². The average Bonchev–Trinajstić information content (AvgIpc) is 2.85. The summed E-state index contributed by atoms with van der Waals surface area (Å²) in [5.74, 6) is -2.30. The molecule has 1 rings (SSSR count). The highest BCUT2D eigenvalue weighted by molar-refractivity contribution is 5.94. The Hall–Kier alpha value is -2.04. The number of carbonyl (C=O) groups is 2. The second-order valence-electron chi connectivity index (χ2n) is 7.39. The van der Waals surface area contributed by atoms with Crippen molar-refractivity contribution in [3.8, 4) is 0 Å². The SMILES string of the molecule is CCOC(CCOCCOCCOC(=O)C(CCCCO)C(=O)OCc1ccccc1)OCC. The van der Waals surface area contributed by atoms with Gasteiger partial charge in [-0.1, -0.05) is 30.3 Å². The van der Waals surface area contributed by atoms with Crippen molar-refractivity contribution >= 4 is 11.9 Å². The first kappa shape index (κ1) is 30.0. The molecule has 0 saturated heterocycles. The van der Waals surface area contributed by atoms with E-state index in [4.69, 9.17) is 33.5 Å². The summed E-state index contributed by atoms with van der Waals surface area (Å²) in [7, 11) is 0. The molecule has 1 aromatic rings. The molecule has 0 fully saturated rings. The van der Waals surface area contributed by atoms with E-state index in [1.165, 1.54) is 0 Å². The number of unbranched alkanes of at least 4 members (excludes halogenated alkanes) is 1. The summed E-state index contributed by atoms with van der Waals surface area (Å²) < 4.78 is 32.3. The van der Waals surface area contributed by atoms with Gasteiger partial charge in [0.2, 0.25) is 0 Å². The maximum Gasteiger partial charge on any atom is 0.320 e. The molecule has 1 unspecified atom stereocenters. The van der Waals surface area contributed by atoms with E-state index in [0.717, 1.165) is 5.56 Å². The topological polar surface area (TPSA) is 110 Å². The monoisotopic (exact) mass is 484 g/mol. The first-order valence-corrected chi connectivity index (χ1v) is 12.0. The molecule has 0 aliphatic heterocycles. The summed E-state index contributed by atoms with van der Waals surface area (Å²) in [6.45, 7) is 6.53. The molecule has 0 aliphatic rings. The largest absolute Gasteiger partial charge is 0.463 e. The van der Waals surface area contributed by atoms with Crippen molar-refractivity contribution in [2.45, 2.75) is 52.4 Å². The Kier molecular flexibility index (Phi) is 17.9. The predicted octanol–water partition coefficient (Wildman–Crippen LogP) is 2.87. The molecule has 0 spiro atoms. The standard InChI is InChI=1S/C25H40O9/c1-3-31-23(32-4-2)13-15-29-16-17-30-18-19-33-24(27)22(12-8-9-14-26)25(28)34-20-21-10-6-5-7-11-21/h5-7,10-11,22-23,26H,3-4,8-9,12-20H2,1-2H3. The van der Waals surface area contributed by atoms with E-state index in [1.54, 1.807) is 0 Å². The zero-order chi connectivity index (χ0) is 24.9. The van der Waals surface area contributed by atoms with Crippen LogP contribution >= 0.6 is 0 Å². The quantitative estimate of drug-likeness (QED) is 0.122. The van der Waals surface area contributed by atoms with Crippen molar-refractivity contribution in [2.24, 2.45) is 5.92 Å². The van der Waals surface area contributed by atoms with Crippen molar-refractivity contribution in [2.75, 3.05) is 52.9 Å². The number of rotatable bonds is 21. The highest BCUT2D eigenvalue weighted by atomic mass is 16.7. The highest BCUT2D eigenvalue weighted by Gasteiger charge is 2.29. The fourth-order valence-electron chi connectivity index (χ4n) is 3.01. The Morgan fingerprint density at radius 3 is 2.06 bits per heavy atom. The molecule has 1 aromatic carbocycles. The van der Waals surface area contributed by atoms with Gasteiger partial charge in [0.15, 0.2) is 12.2 Å². The summed E-state index contributed by atoms with van der Waals surface area (Å²) in [4.78, 5) is 24.9. The van der Waals surface area contributed by atoms with Crippen molar-refractivity contribution in [3.63, 3.8) is 0 Å². The van der Waals surface area contributed by atoms with Crippen LogP contribution in [0.25, 0.3) is 0 Å². The summed E-state index contributed by atoms with van der Waals surface area (Å²) in [5.41, 5.74) is 0.834. The molecule has 9 heteroatoms. The molecule has 0 heterocycles. The van der Waals surface area contributed by atoms with Crippen molar-refractivity contribution < 1.29 is 43.1 Å². The zero-order valence-electron chi connectivity index (χ0n) is 20.4. The number of hydrogen-bond donors (Lipinski definition) is 1. The van der Waals surface area contributed by atoms with Gasteiger partial charge in [-0.15, -0.1) is 0 Å². The van der Waals surface area contributed by atoms with E-state index < -0.39 is 17.9 Å². The summed E-state index contributed by atoms with van der Waals surface area (Å²) in [5, 5.41) is 8.99. The van der Waals surface area contributed by atoms with Gasteiger partial charge in [0.1, 0.15) is 13.2 Å². The van der Waals surface area contributed by atoms with Gasteiger partial charge in [0.05, 0.1) is 26.4 Å². The third-order valence-corrected chi connectivity index (χ3v) is 4.74. The molecule has 194 valence electrons. The van der Waals surface area contributed by atoms with Gasteiger partial charge in [0.25, 0.3) is 0 Å². The molecule has 0 amide bonds. The Bertz CT molecular complexity index is 633. The molecule has 0 bridgehead atoms. The van der Waals surface area contributed by atoms with Crippen LogP contribution in [-0.2, 0) is 44.6 Å². The molecule has 34 heavy (non-hydrogen) atoms. The van der Waals surface area contributed by atoms with Gasteiger partial charge < -0.3 is 33.5 Å². The normalized spacial score (nSPS) is 12.0. The predicted molar refractivity (Wildman–Crippen MR) is 125 cm³/mol. The van der Waals surface area contributed by atoms with Crippen molar-refractivity contribution in [1.82, 2.24) is 0 Å². The van der Waals surface area contributed by atoms with E-state index in [0.29, 0.717) is 52.3 Å². The lowest BCUT2D eigenvalue weighted by Gasteiger charge is -2.16. The van der Waals surface area contributed by atoms with Crippen LogP contribution in [0, 0.1) is 5.92 Å². The van der Waals surface area contributed by atoms with Crippen LogP contribution in [0.5, 0.6) is 0 Å². The molecule has 1 atom stereocenters. The Labute approximate surface area is 202 Å². The minimum atomic E-state index is -1.03. The molecule has 9 nitrogen and oxygen atoms in total. The Balaban J connectivity index is 2.25. The Morgan fingerprint density at radius 2 is 1.41 bits per heavy atom. The number of esters is 2. The molecular formula is C25H40O9. The first-order chi connectivity index (χ1) is 16.6. The first-order valence-electron chi connectivity index (χ1n) is 12.0. The van der Waals surface area contributed by atoms with Crippen LogP contribution in [0.1, 0.15) is 45.1 Å². The summed E-state index contributed by atoms with van der Waals surface area (Å²) >= 11 is 0. The fourth-order valence-corrected chi connectivity index (χ4v) is 3.01. The molecule has 0 aromatic heterocycles. The van der Waals surface area contributed by atoms with E-state index in [-0.39, 0.29) is 39.1 Å².